The fraction of sp³-hybridized carbons (Fsp3) is 0.200. The second-order valence-corrected chi connectivity index (χ2v) is 6.53. The lowest BCUT2D eigenvalue weighted by Gasteiger charge is -2.08. The molecule has 26 heavy (non-hydrogen) atoms. The number of nitrogens with zero attached hydrogens (tertiary/aromatic N) is 6. The highest BCUT2D eigenvalue weighted by Gasteiger charge is 2.30. The van der Waals surface area contributed by atoms with Gasteiger partial charge in [0.25, 0.3) is 0 Å². The molecule has 3 heterocycles. The van der Waals surface area contributed by atoms with Crippen LogP contribution in [0.4, 0.5) is 13.2 Å². The van der Waals surface area contributed by atoms with Crippen molar-refractivity contribution in [3.63, 3.8) is 0 Å². The molecule has 0 aliphatic carbocycles. The number of aromatic nitrogens is 6. The van der Waals surface area contributed by atoms with Gasteiger partial charge in [0.15, 0.2) is 5.82 Å². The van der Waals surface area contributed by atoms with E-state index >= 15 is 0 Å². The van der Waals surface area contributed by atoms with Crippen LogP contribution in [-0.4, -0.2) is 36.0 Å². The van der Waals surface area contributed by atoms with Crippen LogP contribution in [0.3, 0.4) is 0 Å². The van der Waals surface area contributed by atoms with E-state index in [0.29, 0.717) is 17.2 Å². The number of halogens is 3. The molecule has 1 aromatic carbocycles. The van der Waals surface area contributed by atoms with E-state index in [-0.39, 0.29) is 5.75 Å². The molecule has 4 aromatic rings. The van der Waals surface area contributed by atoms with Crippen molar-refractivity contribution in [1.82, 2.24) is 29.6 Å². The molecule has 11 heteroatoms. The van der Waals surface area contributed by atoms with Gasteiger partial charge in [-0.1, -0.05) is 23.5 Å². The Labute approximate surface area is 148 Å². The summed E-state index contributed by atoms with van der Waals surface area (Å²) in [7, 11) is 1.81. The Bertz CT molecular complexity index is 1050. The van der Waals surface area contributed by atoms with Crippen molar-refractivity contribution in [3.05, 3.63) is 47.2 Å². The Balaban J connectivity index is 1.55. The normalized spacial score (nSPS) is 12.0. The molecule has 134 valence electrons. The molecular weight excluding hydrogens is 369 g/mol. The van der Waals surface area contributed by atoms with Gasteiger partial charge in [-0.05, 0) is 17.7 Å². The highest BCUT2D eigenvalue weighted by molar-refractivity contribution is 7.16. The summed E-state index contributed by atoms with van der Waals surface area (Å²) in [5.74, 6) is 0.336. The van der Waals surface area contributed by atoms with Crippen LogP contribution in [-0.2, 0) is 13.5 Å². The summed E-state index contributed by atoms with van der Waals surface area (Å²) in [4.78, 5) is 0.635. The average molecular weight is 380 g/mol. The number of hydrogen-bond donors (Lipinski definition) is 0. The molecule has 0 N–H and O–H groups in total. The number of benzene rings is 1. The molecule has 0 atom stereocenters. The van der Waals surface area contributed by atoms with Gasteiger partial charge in [0.05, 0.1) is 11.8 Å². The topological polar surface area (TPSA) is 70.1 Å². The van der Waals surface area contributed by atoms with Crippen LogP contribution in [0.1, 0.15) is 10.6 Å². The lowest BCUT2D eigenvalue weighted by Crippen LogP contribution is -2.17. The van der Waals surface area contributed by atoms with Gasteiger partial charge < -0.3 is 4.74 Å². The minimum atomic E-state index is -4.70. The first kappa shape index (κ1) is 16.5. The maximum absolute atomic E-state index is 12.2. The van der Waals surface area contributed by atoms with E-state index in [0.717, 1.165) is 16.1 Å². The molecule has 0 aliphatic rings. The summed E-state index contributed by atoms with van der Waals surface area (Å²) in [6.45, 7) is 0. The highest BCUT2D eigenvalue weighted by atomic mass is 32.1. The van der Waals surface area contributed by atoms with Crippen molar-refractivity contribution in [2.24, 2.45) is 7.05 Å². The fourth-order valence-corrected chi connectivity index (χ4v) is 3.30. The van der Waals surface area contributed by atoms with Crippen LogP contribution < -0.4 is 4.74 Å². The van der Waals surface area contributed by atoms with Gasteiger partial charge in [0, 0.05) is 19.7 Å². The van der Waals surface area contributed by atoms with E-state index in [9.17, 15) is 13.2 Å². The van der Waals surface area contributed by atoms with E-state index < -0.39 is 6.36 Å². The quantitative estimate of drug-likeness (QED) is 0.544. The maximum atomic E-state index is 12.2. The Morgan fingerprint density at radius 3 is 2.58 bits per heavy atom. The zero-order valence-electron chi connectivity index (χ0n) is 13.3. The van der Waals surface area contributed by atoms with Gasteiger partial charge in [0.1, 0.15) is 10.8 Å². The predicted molar refractivity (Wildman–Crippen MR) is 86.8 cm³/mol. The number of alkyl halides is 3. The van der Waals surface area contributed by atoms with E-state index in [4.69, 9.17) is 0 Å². The van der Waals surface area contributed by atoms with E-state index in [2.05, 4.69) is 25.1 Å². The third kappa shape index (κ3) is 3.38. The van der Waals surface area contributed by atoms with Crippen molar-refractivity contribution in [2.45, 2.75) is 12.8 Å². The van der Waals surface area contributed by atoms with Crippen molar-refractivity contribution >= 4 is 16.3 Å². The second kappa shape index (κ2) is 6.09. The lowest BCUT2D eigenvalue weighted by atomic mass is 10.1. The molecular formula is C15H11F3N6OS. The molecule has 0 saturated carbocycles. The van der Waals surface area contributed by atoms with Crippen LogP contribution in [0.15, 0.2) is 36.7 Å². The van der Waals surface area contributed by atoms with Gasteiger partial charge in [-0.2, -0.15) is 14.7 Å². The number of ether oxygens (including phenoxy) is 1. The molecule has 0 spiro atoms. The van der Waals surface area contributed by atoms with Gasteiger partial charge in [-0.25, -0.2) is 0 Å². The molecule has 0 saturated heterocycles. The van der Waals surface area contributed by atoms with Gasteiger partial charge >= 0.3 is 6.36 Å². The molecule has 3 aromatic heterocycles. The number of hydrogen-bond acceptors (Lipinski definition) is 6. The van der Waals surface area contributed by atoms with Crippen molar-refractivity contribution in [1.29, 1.82) is 0 Å². The number of aryl methyl sites for hydroxylation is 1. The summed E-state index contributed by atoms with van der Waals surface area (Å²) in [5.41, 5.74) is 1.61. The van der Waals surface area contributed by atoms with E-state index in [1.165, 1.54) is 23.5 Å². The monoisotopic (exact) mass is 380 g/mol. The van der Waals surface area contributed by atoms with Gasteiger partial charge in [-0.3, -0.25) is 4.68 Å². The highest BCUT2D eigenvalue weighted by Crippen LogP contribution is 2.25. The van der Waals surface area contributed by atoms with Crippen molar-refractivity contribution < 1.29 is 17.9 Å². The lowest BCUT2D eigenvalue weighted by molar-refractivity contribution is -0.274. The summed E-state index contributed by atoms with van der Waals surface area (Å²) >= 11 is 1.37. The third-order valence-corrected chi connectivity index (χ3v) is 4.41. The first-order chi connectivity index (χ1) is 12.4. The Morgan fingerprint density at radius 1 is 1.15 bits per heavy atom. The van der Waals surface area contributed by atoms with Crippen LogP contribution >= 0.6 is 11.3 Å². The maximum Gasteiger partial charge on any atom is 0.573 e. The second-order valence-electron chi connectivity index (χ2n) is 5.48. The van der Waals surface area contributed by atoms with E-state index in [1.54, 1.807) is 34.6 Å². The van der Waals surface area contributed by atoms with E-state index in [1.807, 2.05) is 6.20 Å². The summed E-state index contributed by atoms with van der Waals surface area (Å²) in [6, 6.07) is 5.71. The zero-order valence-corrected chi connectivity index (χ0v) is 14.1. The molecule has 7 nitrogen and oxygen atoms in total. The molecule has 0 radical (unpaired) electrons. The van der Waals surface area contributed by atoms with Crippen LogP contribution in [0.5, 0.6) is 5.75 Å². The molecule has 4 rings (SSSR count). The number of fused-ring (bicyclic) bond motifs is 1. The minimum Gasteiger partial charge on any atom is -0.406 e. The van der Waals surface area contributed by atoms with Crippen LogP contribution in [0.25, 0.3) is 16.3 Å². The molecule has 0 fully saturated rings. The standard InChI is InChI=1S/C15H11F3N6OS/c1-23-8-10(7-19-23)13-20-21-14-24(13)22-12(26-14)6-9-2-4-11(5-3-9)25-15(16,17)18/h2-5,7-8H,6H2,1H3. The number of rotatable bonds is 4. The van der Waals surface area contributed by atoms with Crippen LogP contribution in [0, 0.1) is 0 Å². The Morgan fingerprint density at radius 2 is 1.92 bits per heavy atom. The van der Waals surface area contributed by atoms with Gasteiger partial charge in [0.2, 0.25) is 4.96 Å². The van der Waals surface area contributed by atoms with Crippen molar-refractivity contribution in [2.75, 3.05) is 0 Å². The first-order valence-corrected chi connectivity index (χ1v) is 8.24. The van der Waals surface area contributed by atoms with Crippen LogP contribution in [0.2, 0.25) is 0 Å². The SMILES string of the molecule is Cn1cc(-c2nnc3sc(Cc4ccc(OC(F)(F)F)cc4)nn23)cn1. The summed E-state index contributed by atoms with van der Waals surface area (Å²) in [6.07, 6.45) is -0.742. The molecule has 0 bridgehead atoms. The summed E-state index contributed by atoms with van der Waals surface area (Å²) in [5, 5.41) is 17.6. The molecule has 0 unspecified atom stereocenters. The third-order valence-electron chi connectivity index (χ3n) is 3.51. The minimum absolute atomic E-state index is 0.252. The zero-order chi connectivity index (χ0) is 18.3. The fourth-order valence-electron chi connectivity index (χ4n) is 2.43. The molecule has 0 aliphatic heterocycles. The Kier molecular flexibility index (Phi) is 3.87. The van der Waals surface area contributed by atoms with Crippen molar-refractivity contribution in [3.8, 4) is 17.1 Å². The predicted octanol–water partition coefficient (Wildman–Crippen LogP) is 3.08. The summed E-state index contributed by atoms with van der Waals surface area (Å²) < 4.78 is 43.8. The van der Waals surface area contributed by atoms with Gasteiger partial charge in [-0.15, -0.1) is 23.4 Å². The average Bonchev–Trinajstić information content (AvgIpc) is 3.23. The molecule has 0 amide bonds. The largest absolute Gasteiger partial charge is 0.573 e. The first-order valence-electron chi connectivity index (χ1n) is 7.42. The smallest absolute Gasteiger partial charge is 0.406 e. The Hall–Kier alpha value is -2.95.